The molecule has 0 unspecified atom stereocenters. The van der Waals surface area contributed by atoms with Crippen LogP contribution in [0.4, 0.5) is 5.82 Å². The number of amides is 1. The van der Waals surface area contributed by atoms with E-state index >= 15 is 0 Å². The van der Waals surface area contributed by atoms with Crippen LogP contribution in [-0.4, -0.2) is 17.9 Å². The fraction of sp³-hybridized carbons (Fsp3) is 0.200. The van der Waals surface area contributed by atoms with Gasteiger partial charge in [0.2, 0.25) is 5.91 Å². The van der Waals surface area contributed by atoms with E-state index in [9.17, 15) is 4.79 Å². The van der Waals surface area contributed by atoms with Gasteiger partial charge in [0.1, 0.15) is 5.82 Å². The molecule has 0 saturated heterocycles. The Kier molecular flexibility index (Phi) is 2.59. The smallest absolute Gasteiger partial charge is 0.235 e. The first-order valence-electron chi connectivity index (χ1n) is 6.04. The maximum absolute atomic E-state index is 12.3. The maximum Gasteiger partial charge on any atom is 0.235 e. The molecule has 3 rings (SSSR count). The third-order valence-corrected chi connectivity index (χ3v) is 3.42. The van der Waals surface area contributed by atoms with E-state index in [1.807, 2.05) is 30.3 Å². The SMILES string of the molecule is CN1C(=O)[C@H](Cc2ccccc2)c2cccnc21. The summed E-state index contributed by atoms with van der Waals surface area (Å²) in [5, 5.41) is 0. The summed E-state index contributed by atoms with van der Waals surface area (Å²) >= 11 is 0. The van der Waals surface area contributed by atoms with Crippen LogP contribution in [0, 0.1) is 0 Å². The Morgan fingerprint density at radius 1 is 1.17 bits per heavy atom. The van der Waals surface area contributed by atoms with Gasteiger partial charge in [-0.15, -0.1) is 0 Å². The molecule has 0 N–H and O–H groups in total. The molecule has 1 aromatic carbocycles. The highest BCUT2D eigenvalue weighted by atomic mass is 16.2. The summed E-state index contributed by atoms with van der Waals surface area (Å²) in [7, 11) is 1.79. The highest BCUT2D eigenvalue weighted by Crippen LogP contribution is 2.36. The third-order valence-electron chi connectivity index (χ3n) is 3.42. The molecule has 3 nitrogen and oxygen atoms in total. The lowest BCUT2D eigenvalue weighted by molar-refractivity contribution is -0.119. The van der Waals surface area contributed by atoms with Crippen LogP contribution >= 0.6 is 0 Å². The first-order valence-corrected chi connectivity index (χ1v) is 6.04. The molecule has 0 spiro atoms. The number of rotatable bonds is 2. The summed E-state index contributed by atoms with van der Waals surface area (Å²) in [6.07, 6.45) is 2.47. The molecule has 1 aliphatic rings. The summed E-state index contributed by atoms with van der Waals surface area (Å²) in [5.41, 5.74) is 2.22. The maximum atomic E-state index is 12.3. The van der Waals surface area contributed by atoms with E-state index in [-0.39, 0.29) is 11.8 Å². The predicted octanol–water partition coefficient (Wildman–Crippen LogP) is 2.38. The Labute approximate surface area is 106 Å². The van der Waals surface area contributed by atoms with Crippen molar-refractivity contribution in [2.45, 2.75) is 12.3 Å². The molecule has 18 heavy (non-hydrogen) atoms. The van der Waals surface area contributed by atoms with Gasteiger partial charge in [0.25, 0.3) is 0 Å². The van der Waals surface area contributed by atoms with Crippen LogP contribution in [0.25, 0.3) is 0 Å². The molecule has 90 valence electrons. The van der Waals surface area contributed by atoms with E-state index in [4.69, 9.17) is 0 Å². The van der Waals surface area contributed by atoms with Crippen LogP contribution in [0.1, 0.15) is 17.0 Å². The van der Waals surface area contributed by atoms with Crippen LogP contribution in [-0.2, 0) is 11.2 Å². The second-order valence-electron chi connectivity index (χ2n) is 4.56. The first kappa shape index (κ1) is 11.0. The minimum atomic E-state index is -0.0962. The van der Waals surface area contributed by atoms with Gasteiger partial charge in [0, 0.05) is 18.8 Å². The van der Waals surface area contributed by atoms with E-state index in [1.54, 1.807) is 18.1 Å². The number of carbonyl (C=O) groups excluding carboxylic acids is 1. The van der Waals surface area contributed by atoms with Crippen molar-refractivity contribution in [3.05, 3.63) is 59.8 Å². The molecule has 0 bridgehead atoms. The molecular weight excluding hydrogens is 224 g/mol. The molecule has 2 heterocycles. The zero-order valence-corrected chi connectivity index (χ0v) is 10.2. The summed E-state index contributed by atoms with van der Waals surface area (Å²) in [6.45, 7) is 0. The predicted molar refractivity (Wildman–Crippen MR) is 70.5 cm³/mol. The van der Waals surface area contributed by atoms with E-state index in [0.29, 0.717) is 0 Å². The molecule has 0 saturated carbocycles. The van der Waals surface area contributed by atoms with Gasteiger partial charge >= 0.3 is 0 Å². The number of likely N-dealkylation sites (N-methyl/N-ethyl adjacent to an activating group) is 1. The molecule has 1 aromatic heterocycles. The number of nitrogens with zero attached hydrogens (tertiary/aromatic N) is 2. The van der Waals surface area contributed by atoms with E-state index in [2.05, 4.69) is 17.1 Å². The quantitative estimate of drug-likeness (QED) is 0.804. The fourth-order valence-electron chi connectivity index (χ4n) is 2.48. The van der Waals surface area contributed by atoms with Crippen molar-refractivity contribution < 1.29 is 4.79 Å². The van der Waals surface area contributed by atoms with Crippen LogP contribution in [0.3, 0.4) is 0 Å². The Bertz CT molecular complexity index is 580. The molecule has 1 aliphatic heterocycles. The van der Waals surface area contributed by atoms with Crippen LogP contribution < -0.4 is 4.90 Å². The Morgan fingerprint density at radius 3 is 2.72 bits per heavy atom. The van der Waals surface area contributed by atoms with Gasteiger partial charge in [-0.2, -0.15) is 0 Å². The minimum absolute atomic E-state index is 0.0962. The molecule has 2 aromatic rings. The van der Waals surface area contributed by atoms with Gasteiger partial charge in [-0.05, 0) is 18.1 Å². The summed E-state index contributed by atoms with van der Waals surface area (Å²) in [5.74, 6) is 0.831. The van der Waals surface area contributed by atoms with Crippen molar-refractivity contribution >= 4 is 11.7 Å². The molecule has 0 radical (unpaired) electrons. The number of hydrogen-bond acceptors (Lipinski definition) is 2. The highest BCUT2D eigenvalue weighted by Gasteiger charge is 2.35. The van der Waals surface area contributed by atoms with Gasteiger partial charge in [-0.3, -0.25) is 9.69 Å². The van der Waals surface area contributed by atoms with E-state index in [1.165, 1.54) is 5.56 Å². The van der Waals surface area contributed by atoms with E-state index < -0.39 is 0 Å². The highest BCUT2D eigenvalue weighted by molar-refractivity contribution is 6.03. The zero-order chi connectivity index (χ0) is 12.5. The van der Waals surface area contributed by atoms with Gasteiger partial charge in [-0.1, -0.05) is 36.4 Å². The topological polar surface area (TPSA) is 33.2 Å². The molecule has 1 amide bonds. The van der Waals surface area contributed by atoms with Gasteiger partial charge in [-0.25, -0.2) is 4.98 Å². The number of fused-ring (bicyclic) bond motifs is 1. The standard InChI is InChI=1S/C15H14N2O/c1-17-14-12(8-5-9-16-14)13(15(17)18)10-11-6-3-2-4-7-11/h2-9,13H,10H2,1H3/t13-/m1/s1. The number of anilines is 1. The average molecular weight is 238 g/mol. The largest absolute Gasteiger partial charge is 0.299 e. The Balaban J connectivity index is 1.96. The third kappa shape index (κ3) is 1.68. The van der Waals surface area contributed by atoms with Crippen molar-refractivity contribution in [3.63, 3.8) is 0 Å². The monoisotopic (exact) mass is 238 g/mol. The second-order valence-corrected chi connectivity index (χ2v) is 4.56. The van der Waals surface area contributed by atoms with Crippen molar-refractivity contribution in [2.24, 2.45) is 0 Å². The number of aromatic nitrogens is 1. The fourth-order valence-corrected chi connectivity index (χ4v) is 2.48. The molecule has 1 atom stereocenters. The molecular formula is C15H14N2O. The summed E-state index contributed by atoms with van der Waals surface area (Å²) in [4.78, 5) is 18.2. The number of hydrogen-bond donors (Lipinski definition) is 0. The van der Waals surface area contributed by atoms with Gasteiger partial charge < -0.3 is 0 Å². The minimum Gasteiger partial charge on any atom is -0.299 e. The van der Waals surface area contributed by atoms with E-state index in [0.717, 1.165) is 17.8 Å². The van der Waals surface area contributed by atoms with Crippen LogP contribution in [0.2, 0.25) is 0 Å². The van der Waals surface area contributed by atoms with Gasteiger partial charge in [0.05, 0.1) is 5.92 Å². The van der Waals surface area contributed by atoms with Crippen LogP contribution in [0.5, 0.6) is 0 Å². The summed E-state index contributed by atoms with van der Waals surface area (Å²) < 4.78 is 0. The normalized spacial score (nSPS) is 17.9. The van der Waals surface area contributed by atoms with Crippen molar-refractivity contribution in [1.82, 2.24) is 4.98 Å². The molecule has 0 fully saturated rings. The van der Waals surface area contributed by atoms with Crippen LogP contribution in [0.15, 0.2) is 48.7 Å². The molecule has 0 aliphatic carbocycles. The summed E-state index contributed by atoms with van der Waals surface area (Å²) in [6, 6.07) is 14.0. The second kappa shape index (κ2) is 4.26. The lowest BCUT2D eigenvalue weighted by Gasteiger charge is -2.10. The van der Waals surface area contributed by atoms with Crippen molar-refractivity contribution in [3.8, 4) is 0 Å². The number of carbonyl (C=O) groups is 1. The van der Waals surface area contributed by atoms with Crippen molar-refractivity contribution in [2.75, 3.05) is 11.9 Å². The lowest BCUT2D eigenvalue weighted by Crippen LogP contribution is -2.25. The molecule has 3 heteroatoms. The Hall–Kier alpha value is -2.16. The lowest BCUT2D eigenvalue weighted by atomic mass is 9.94. The number of pyridine rings is 1. The zero-order valence-electron chi connectivity index (χ0n) is 10.2. The average Bonchev–Trinajstić information content (AvgIpc) is 2.66. The van der Waals surface area contributed by atoms with Gasteiger partial charge in [0.15, 0.2) is 0 Å². The van der Waals surface area contributed by atoms with Crippen molar-refractivity contribution in [1.29, 1.82) is 0 Å². The Morgan fingerprint density at radius 2 is 1.94 bits per heavy atom. The number of benzene rings is 1. The first-order chi connectivity index (χ1) is 8.77.